The summed E-state index contributed by atoms with van der Waals surface area (Å²) in [6, 6.07) is 0. The maximum atomic E-state index is 10.7. The minimum atomic E-state index is -0.307. The Kier molecular flexibility index (Phi) is 3.66. The van der Waals surface area contributed by atoms with Gasteiger partial charge in [-0.1, -0.05) is 0 Å². The molecule has 1 fully saturated rings. The fourth-order valence-electron chi connectivity index (χ4n) is 1.13. The van der Waals surface area contributed by atoms with Crippen molar-refractivity contribution >= 4 is 17.6 Å². The van der Waals surface area contributed by atoms with Crippen LogP contribution in [0.5, 0.6) is 0 Å². The van der Waals surface area contributed by atoms with Crippen molar-refractivity contribution in [3.63, 3.8) is 0 Å². The molecule has 1 N–H and O–H groups in total. The van der Waals surface area contributed by atoms with Gasteiger partial charge in [-0.25, -0.2) is 0 Å². The SMILES string of the molecule is O=C(CCl)OC1CCNCC1. The molecule has 0 amide bonds. The summed E-state index contributed by atoms with van der Waals surface area (Å²) in [5.74, 6) is -0.345. The van der Waals surface area contributed by atoms with Crippen LogP contribution < -0.4 is 5.32 Å². The Labute approximate surface area is 71.1 Å². The van der Waals surface area contributed by atoms with Crippen LogP contribution in [0.3, 0.4) is 0 Å². The number of nitrogens with one attached hydrogen (secondary N) is 1. The van der Waals surface area contributed by atoms with Gasteiger partial charge in [0.2, 0.25) is 0 Å². The largest absolute Gasteiger partial charge is 0.461 e. The highest BCUT2D eigenvalue weighted by Gasteiger charge is 2.16. The zero-order valence-corrected chi connectivity index (χ0v) is 7.06. The van der Waals surface area contributed by atoms with E-state index in [9.17, 15) is 4.79 Å². The Balaban J connectivity index is 2.19. The third-order valence-electron chi connectivity index (χ3n) is 1.69. The molecule has 1 saturated heterocycles. The number of hydrogen-bond acceptors (Lipinski definition) is 3. The molecule has 0 aromatic carbocycles. The Morgan fingerprint density at radius 2 is 2.18 bits per heavy atom. The van der Waals surface area contributed by atoms with Gasteiger partial charge < -0.3 is 10.1 Å². The van der Waals surface area contributed by atoms with Crippen molar-refractivity contribution in [1.29, 1.82) is 0 Å². The van der Waals surface area contributed by atoms with E-state index in [4.69, 9.17) is 16.3 Å². The summed E-state index contributed by atoms with van der Waals surface area (Å²) in [5, 5.41) is 3.18. The van der Waals surface area contributed by atoms with Gasteiger partial charge in [-0.15, -0.1) is 11.6 Å². The molecule has 0 spiro atoms. The normalized spacial score (nSPS) is 19.7. The van der Waals surface area contributed by atoms with E-state index in [1.54, 1.807) is 0 Å². The van der Waals surface area contributed by atoms with Crippen molar-refractivity contribution in [3.8, 4) is 0 Å². The molecule has 0 unspecified atom stereocenters. The molecule has 1 rings (SSSR count). The number of alkyl halides is 1. The highest BCUT2D eigenvalue weighted by atomic mass is 35.5. The number of halogens is 1. The molecular formula is C7H12ClNO2. The number of rotatable bonds is 2. The molecule has 1 aliphatic rings. The van der Waals surface area contributed by atoms with Crippen LogP contribution in [0.4, 0.5) is 0 Å². The summed E-state index contributed by atoms with van der Waals surface area (Å²) in [6.07, 6.45) is 1.90. The zero-order chi connectivity index (χ0) is 8.10. The fourth-order valence-corrected chi connectivity index (χ4v) is 1.19. The third-order valence-corrected chi connectivity index (χ3v) is 1.91. The smallest absolute Gasteiger partial charge is 0.321 e. The molecule has 3 nitrogen and oxygen atoms in total. The van der Waals surface area contributed by atoms with Crippen molar-refractivity contribution in [3.05, 3.63) is 0 Å². The van der Waals surface area contributed by atoms with Crippen LogP contribution in [-0.4, -0.2) is 31.0 Å². The van der Waals surface area contributed by atoms with Crippen LogP contribution in [0.15, 0.2) is 0 Å². The average molecular weight is 178 g/mol. The van der Waals surface area contributed by atoms with Gasteiger partial charge >= 0.3 is 5.97 Å². The molecule has 0 bridgehead atoms. The maximum Gasteiger partial charge on any atom is 0.321 e. The van der Waals surface area contributed by atoms with Gasteiger partial charge in [0.15, 0.2) is 0 Å². The molecule has 0 atom stereocenters. The first-order chi connectivity index (χ1) is 5.33. The van der Waals surface area contributed by atoms with E-state index in [1.165, 1.54) is 0 Å². The van der Waals surface area contributed by atoms with E-state index < -0.39 is 0 Å². The Bertz CT molecular complexity index is 134. The van der Waals surface area contributed by atoms with E-state index in [-0.39, 0.29) is 18.0 Å². The Morgan fingerprint density at radius 3 is 2.73 bits per heavy atom. The number of hydrogen-bond donors (Lipinski definition) is 1. The van der Waals surface area contributed by atoms with Crippen LogP contribution >= 0.6 is 11.6 Å². The van der Waals surface area contributed by atoms with Crippen LogP contribution in [0.25, 0.3) is 0 Å². The summed E-state index contributed by atoms with van der Waals surface area (Å²) in [4.78, 5) is 10.7. The second-order valence-corrected chi connectivity index (χ2v) is 2.84. The molecule has 0 aliphatic carbocycles. The molecule has 11 heavy (non-hydrogen) atoms. The first-order valence-corrected chi connectivity index (χ1v) is 4.32. The van der Waals surface area contributed by atoms with E-state index in [0.29, 0.717) is 0 Å². The van der Waals surface area contributed by atoms with Gasteiger partial charge in [0.05, 0.1) is 0 Å². The minimum absolute atomic E-state index is 0.0378. The molecule has 1 aliphatic heterocycles. The lowest BCUT2D eigenvalue weighted by molar-refractivity contribution is -0.146. The lowest BCUT2D eigenvalue weighted by Gasteiger charge is -2.22. The number of piperidine rings is 1. The first-order valence-electron chi connectivity index (χ1n) is 3.79. The lowest BCUT2D eigenvalue weighted by Crippen LogP contribution is -2.34. The number of ether oxygens (including phenoxy) is 1. The second-order valence-electron chi connectivity index (χ2n) is 2.57. The molecule has 64 valence electrons. The van der Waals surface area contributed by atoms with E-state index in [0.717, 1.165) is 25.9 Å². The van der Waals surface area contributed by atoms with Crippen LogP contribution in [0, 0.1) is 0 Å². The lowest BCUT2D eigenvalue weighted by atomic mass is 10.1. The fraction of sp³-hybridized carbons (Fsp3) is 0.857. The van der Waals surface area contributed by atoms with E-state index >= 15 is 0 Å². The molecule has 0 aromatic heterocycles. The van der Waals surface area contributed by atoms with Gasteiger partial charge in [0, 0.05) is 0 Å². The molecule has 1 heterocycles. The van der Waals surface area contributed by atoms with Crippen LogP contribution in [0.1, 0.15) is 12.8 Å². The number of esters is 1. The third kappa shape index (κ3) is 3.08. The zero-order valence-electron chi connectivity index (χ0n) is 6.31. The monoisotopic (exact) mass is 177 g/mol. The minimum Gasteiger partial charge on any atom is -0.461 e. The molecule has 0 radical (unpaired) electrons. The van der Waals surface area contributed by atoms with Crippen LogP contribution in [-0.2, 0) is 9.53 Å². The summed E-state index contributed by atoms with van der Waals surface area (Å²) >= 11 is 5.28. The van der Waals surface area contributed by atoms with Gasteiger partial charge in [0.25, 0.3) is 0 Å². The van der Waals surface area contributed by atoms with Gasteiger partial charge in [-0.05, 0) is 25.9 Å². The van der Waals surface area contributed by atoms with Crippen molar-refractivity contribution in [2.24, 2.45) is 0 Å². The molecular weight excluding hydrogens is 166 g/mol. The first kappa shape index (κ1) is 8.81. The predicted molar refractivity (Wildman–Crippen MR) is 42.7 cm³/mol. The quantitative estimate of drug-likeness (QED) is 0.494. The standard InChI is InChI=1S/C7H12ClNO2/c8-5-7(10)11-6-1-3-9-4-2-6/h6,9H,1-5H2. The van der Waals surface area contributed by atoms with Crippen LogP contribution in [0.2, 0.25) is 0 Å². The Morgan fingerprint density at radius 1 is 1.55 bits per heavy atom. The predicted octanol–water partition coefficient (Wildman–Crippen LogP) is 0.520. The highest BCUT2D eigenvalue weighted by Crippen LogP contribution is 2.07. The highest BCUT2D eigenvalue weighted by molar-refractivity contribution is 6.26. The van der Waals surface area contributed by atoms with Crippen molar-refractivity contribution in [2.75, 3.05) is 19.0 Å². The summed E-state index contributed by atoms with van der Waals surface area (Å²) in [5.41, 5.74) is 0. The number of carbonyl (C=O) groups is 1. The molecule has 0 aromatic rings. The van der Waals surface area contributed by atoms with Crippen molar-refractivity contribution in [2.45, 2.75) is 18.9 Å². The molecule has 4 heteroatoms. The van der Waals surface area contributed by atoms with Gasteiger partial charge in [0.1, 0.15) is 12.0 Å². The van der Waals surface area contributed by atoms with Crippen molar-refractivity contribution in [1.82, 2.24) is 5.32 Å². The van der Waals surface area contributed by atoms with Gasteiger partial charge in [-0.3, -0.25) is 4.79 Å². The number of carbonyl (C=O) groups excluding carboxylic acids is 1. The van der Waals surface area contributed by atoms with Crippen molar-refractivity contribution < 1.29 is 9.53 Å². The van der Waals surface area contributed by atoms with E-state index in [1.807, 2.05) is 0 Å². The maximum absolute atomic E-state index is 10.7. The average Bonchev–Trinajstić information content (AvgIpc) is 2.06. The molecule has 0 saturated carbocycles. The topological polar surface area (TPSA) is 38.3 Å². The van der Waals surface area contributed by atoms with Gasteiger partial charge in [-0.2, -0.15) is 0 Å². The Hall–Kier alpha value is -0.280. The summed E-state index contributed by atoms with van der Waals surface area (Å²) in [7, 11) is 0. The second kappa shape index (κ2) is 4.57. The summed E-state index contributed by atoms with van der Waals surface area (Å²) in [6.45, 7) is 1.86. The summed E-state index contributed by atoms with van der Waals surface area (Å²) < 4.78 is 5.03. The van der Waals surface area contributed by atoms with E-state index in [2.05, 4.69) is 5.32 Å².